The highest BCUT2D eigenvalue weighted by molar-refractivity contribution is 5.90. The Hall–Kier alpha value is -2.37. The molecule has 19 heavy (non-hydrogen) atoms. The Balaban J connectivity index is 2.29. The van der Waals surface area contributed by atoms with Gasteiger partial charge in [0.2, 0.25) is 0 Å². The zero-order chi connectivity index (χ0) is 14.3. The maximum absolute atomic E-state index is 11.3. The highest BCUT2D eigenvalue weighted by Gasteiger charge is 2.16. The van der Waals surface area contributed by atoms with Crippen molar-refractivity contribution in [3.63, 3.8) is 0 Å². The Morgan fingerprint density at radius 3 is 2.53 bits per heavy atom. The Bertz CT molecular complexity index is 459. The van der Waals surface area contributed by atoms with E-state index >= 15 is 0 Å². The normalized spacial score (nSPS) is 9.74. The molecule has 0 heterocycles. The first kappa shape index (κ1) is 14.7. The van der Waals surface area contributed by atoms with Gasteiger partial charge >= 0.3 is 12.1 Å². The molecular weight excluding hydrogens is 246 g/mol. The molecule has 6 heteroatoms. The van der Waals surface area contributed by atoms with Crippen LogP contribution in [0.1, 0.15) is 12.0 Å². The van der Waals surface area contributed by atoms with Gasteiger partial charge in [0.05, 0.1) is 0 Å². The molecule has 1 aromatic carbocycles. The van der Waals surface area contributed by atoms with Gasteiger partial charge in [-0.25, -0.2) is 14.5 Å². The number of hydrogen-bond donors (Lipinski definition) is 2. The van der Waals surface area contributed by atoms with Crippen molar-refractivity contribution in [2.24, 2.45) is 5.73 Å². The largest absolute Gasteiger partial charge is 0.438 e. The molecule has 4 N–H and O–H groups in total. The third-order valence-corrected chi connectivity index (χ3v) is 2.56. The number of urea groups is 1. The summed E-state index contributed by atoms with van der Waals surface area (Å²) in [4.78, 5) is 22.7. The third-order valence-electron chi connectivity index (χ3n) is 2.56. The monoisotopic (exact) mass is 264 g/mol. The van der Waals surface area contributed by atoms with Crippen molar-refractivity contribution in [2.45, 2.75) is 12.8 Å². The van der Waals surface area contributed by atoms with E-state index in [1.165, 1.54) is 7.05 Å². The molecular formula is C13H18N3O3+. The van der Waals surface area contributed by atoms with Crippen molar-refractivity contribution >= 4 is 17.8 Å². The zero-order valence-corrected chi connectivity index (χ0v) is 10.8. The van der Waals surface area contributed by atoms with Gasteiger partial charge in [0.25, 0.3) is 0 Å². The topological polar surface area (TPSA) is 98.2 Å². The van der Waals surface area contributed by atoms with Gasteiger partial charge in [0, 0.05) is 13.5 Å². The molecule has 1 rings (SSSR count). The molecule has 0 saturated heterocycles. The molecule has 0 aliphatic heterocycles. The van der Waals surface area contributed by atoms with Gasteiger partial charge < -0.3 is 10.5 Å². The minimum absolute atomic E-state index is 0.0245. The minimum atomic E-state index is -0.868. The van der Waals surface area contributed by atoms with Crippen LogP contribution in [0.15, 0.2) is 30.3 Å². The second-order valence-corrected chi connectivity index (χ2v) is 4.10. The standard InChI is InChI=1S/C13H17N3O3/c1-16(12(15)17)13(18)19-9-11(14)8-7-10-5-3-2-4-6-10/h2-6,14H,7-9H2,1H3,(H2,15,17)/p+1. The molecule has 6 nitrogen and oxygen atoms in total. The molecule has 1 aromatic rings. The van der Waals surface area contributed by atoms with Crippen LogP contribution in [0.2, 0.25) is 0 Å². The number of carbonyl (C=O) groups is 2. The Labute approximate surface area is 111 Å². The lowest BCUT2D eigenvalue weighted by molar-refractivity contribution is -0.122. The summed E-state index contributed by atoms with van der Waals surface area (Å²) in [7, 11) is 1.24. The van der Waals surface area contributed by atoms with Gasteiger partial charge in [-0.2, -0.15) is 0 Å². The van der Waals surface area contributed by atoms with Gasteiger partial charge in [-0.15, -0.1) is 0 Å². The number of primary amides is 1. The summed E-state index contributed by atoms with van der Waals surface area (Å²) < 4.78 is 4.84. The Morgan fingerprint density at radius 2 is 1.95 bits per heavy atom. The van der Waals surface area contributed by atoms with E-state index in [4.69, 9.17) is 15.9 Å². The van der Waals surface area contributed by atoms with Crippen molar-refractivity contribution in [3.05, 3.63) is 35.9 Å². The number of imide groups is 1. The molecule has 0 spiro atoms. The van der Waals surface area contributed by atoms with Crippen molar-refractivity contribution in [1.82, 2.24) is 4.90 Å². The lowest BCUT2D eigenvalue weighted by Gasteiger charge is -2.11. The number of aryl methyl sites for hydroxylation is 1. The summed E-state index contributed by atoms with van der Waals surface area (Å²) in [6, 6.07) is 8.98. The van der Waals surface area contributed by atoms with Crippen LogP contribution in [-0.2, 0) is 11.2 Å². The molecule has 0 aliphatic rings. The molecule has 3 amide bonds. The number of rotatable bonds is 5. The molecule has 0 bridgehead atoms. The molecule has 0 aliphatic carbocycles. The fourth-order valence-corrected chi connectivity index (χ4v) is 1.36. The first-order valence-electron chi connectivity index (χ1n) is 5.84. The minimum Gasteiger partial charge on any atom is -0.438 e. The summed E-state index contributed by atoms with van der Waals surface area (Å²) in [6.45, 7) is -0.0245. The van der Waals surface area contributed by atoms with E-state index in [0.29, 0.717) is 17.0 Å². The van der Waals surface area contributed by atoms with Gasteiger partial charge in [-0.3, -0.25) is 5.41 Å². The van der Waals surface area contributed by atoms with Crippen LogP contribution in [0.25, 0.3) is 0 Å². The second kappa shape index (κ2) is 7.15. The van der Waals surface area contributed by atoms with E-state index in [-0.39, 0.29) is 6.61 Å². The Morgan fingerprint density at radius 1 is 1.32 bits per heavy atom. The van der Waals surface area contributed by atoms with E-state index in [0.717, 1.165) is 12.0 Å². The molecule has 0 aromatic heterocycles. The number of carbonyl (C=O) groups excluding carboxylic acids is 2. The average molecular weight is 264 g/mol. The van der Waals surface area contributed by atoms with Crippen molar-refractivity contribution in [3.8, 4) is 0 Å². The summed E-state index contributed by atoms with van der Waals surface area (Å²) in [6.07, 6.45) is 0.572. The molecule has 0 atom stereocenters. The molecule has 102 valence electrons. The summed E-state index contributed by atoms with van der Waals surface area (Å²) in [5.74, 6) is 0. The smallest absolute Gasteiger partial charge is 0.418 e. The summed E-state index contributed by atoms with van der Waals surface area (Å²) >= 11 is 0. The van der Waals surface area contributed by atoms with E-state index < -0.39 is 12.1 Å². The number of nitrogens with zero attached hydrogens (tertiary/aromatic N) is 1. The van der Waals surface area contributed by atoms with Gasteiger partial charge in [0.1, 0.15) is 0 Å². The summed E-state index contributed by atoms with van der Waals surface area (Å²) in [5.41, 5.74) is 6.62. The van der Waals surface area contributed by atoms with Crippen LogP contribution >= 0.6 is 0 Å². The summed E-state index contributed by atoms with van der Waals surface area (Å²) in [5, 5.41) is 5.75. The number of ether oxygens (including phenoxy) is 1. The van der Waals surface area contributed by atoms with E-state index in [1.807, 2.05) is 30.3 Å². The molecule has 0 fully saturated rings. The van der Waals surface area contributed by atoms with Crippen LogP contribution in [-0.4, -0.2) is 36.4 Å². The number of benzene rings is 1. The number of nitrogens with two attached hydrogens (primary N) is 2. The third kappa shape index (κ3) is 5.20. The predicted molar refractivity (Wildman–Crippen MR) is 70.4 cm³/mol. The second-order valence-electron chi connectivity index (χ2n) is 4.10. The first-order valence-corrected chi connectivity index (χ1v) is 5.84. The van der Waals surface area contributed by atoms with E-state index in [1.54, 1.807) is 0 Å². The van der Waals surface area contributed by atoms with Gasteiger partial charge in [0.15, 0.2) is 12.3 Å². The Kier molecular flexibility index (Phi) is 5.53. The zero-order valence-electron chi connectivity index (χ0n) is 10.8. The van der Waals surface area contributed by atoms with Gasteiger partial charge in [-0.1, -0.05) is 30.3 Å². The van der Waals surface area contributed by atoms with Crippen molar-refractivity contribution in [2.75, 3.05) is 13.7 Å². The first-order chi connectivity index (χ1) is 9.00. The number of hydrogen-bond acceptors (Lipinski definition) is 3. The maximum atomic E-state index is 11.3. The van der Waals surface area contributed by atoms with Crippen LogP contribution in [0.4, 0.5) is 9.59 Å². The average Bonchev–Trinajstić information content (AvgIpc) is 2.42. The maximum Gasteiger partial charge on any atom is 0.418 e. The predicted octanol–water partition coefficient (Wildman–Crippen LogP) is -0.0336. The fourth-order valence-electron chi connectivity index (χ4n) is 1.36. The van der Waals surface area contributed by atoms with Crippen LogP contribution < -0.4 is 11.1 Å². The van der Waals surface area contributed by atoms with Crippen LogP contribution in [0, 0.1) is 0 Å². The van der Waals surface area contributed by atoms with Gasteiger partial charge in [-0.05, 0) is 12.0 Å². The van der Waals surface area contributed by atoms with Crippen LogP contribution in [0.5, 0.6) is 0 Å². The van der Waals surface area contributed by atoms with Crippen LogP contribution in [0.3, 0.4) is 0 Å². The SMILES string of the molecule is CN(C(N)=O)C(=O)OCC(=[NH2+])CCc1ccccc1. The lowest BCUT2D eigenvalue weighted by atomic mass is 10.1. The highest BCUT2D eigenvalue weighted by atomic mass is 16.6. The molecule has 0 unspecified atom stereocenters. The van der Waals surface area contributed by atoms with Crippen molar-refractivity contribution in [1.29, 1.82) is 0 Å². The number of amides is 3. The fraction of sp³-hybridized carbons (Fsp3) is 0.308. The highest BCUT2D eigenvalue weighted by Crippen LogP contribution is 2.02. The van der Waals surface area contributed by atoms with Crippen molar-refractivity contribution < 1.29 is 19.7 Å². The van der Waals surface area contributed by atoms with E-state index in [2.05, 4.69) is 0 Å². The van der Waals surface area contributed by atoms with E-state index in [9.17, 15) is 9.59 Å². The quantitative estimate of drug-likeness (QED) is 0.730. The molecule has 0 saturated carbocycles. The molecule has 0 radical (unpaired) electrons. The lowest BCUT2D eigenvalue weighted by Crippen LogP contribution is -2.45.